The van der Waals surface area contributed by atoms with Gasteiger partial charge in [-0.15, -0.1) is 0 Å². The van der Waals surface area contributed by atoms with E-state index in [1.54, 1.807) is 0 Å². The van der Waals surface area contributed by atoms with Gasteiger partial charge in [0.05, 0.1) is 0 Å². The second-order valence-corrected chi connectivity index (χ2v) is 5.78. The van der Waals surface area contributed by atoms with E-state index in [-0.39, 0.29) is 11.8 Å². The molecule has 21 heavy (non-hydrogen) atoms. The van der Waals surface area contributed by atoms with Crippen molar-refractivity contribution in [1.82, 2.24) is 5.32 Å². The first-order valence-corrected chi connectivity index (χ1v) is 7.74. The zero-order valence-electron chi connectivity index (χ0n) is 12.3. The van der Waals surface area contributed by atoms with Gasteiger partial charge in [0.25, 0.3) is 0 Å². The number of aliphatic carboxylic acids is 1. The lowest BCUT2D eigenvalue weighted by Crippen LogP contribution is -2.44. The normalized spacial score (nSPS) is 17.7. The van der Waals surface area contributed by atoms with Gasteiger partial charge in [0.2, 0.25) is 5.91 Å². The van der Waals surface area contributed by atoms with Crippen molar-refractivity contribution in [3.63, 3.8) is 0 Å². The molecule has 0 heterocycles. The third kappa shape index (κ3) is 4.88. The molecule has 0 saturated heterocycles. The molecule has 1 aromatic rings. The summed E-state index contributed by atoms with van der Waals surface area (Å²) in [5, 5.41) is 12.0. The van der Waals surface area contributed by atoms with Crippen LogP contribution in [0.2, 0.25) is 0 Å². The van der Waals surface area contributed by atoms with E-state index in [1.165, 1.54) is 12.8 Å². The van der Waals surface area contributed by atoms with E-state index in [9.17, 15) is 14.7 Å². The Labute approximate surface area is 125 Å². The molecule has 0 bridgehead atoms. The van der Waals surface area contributed by atoms with Crippen LogP contribution in [0.15, 0.2) is 30.3 Å². The summed E-state index contributed by atoms with van der Waals surface area (Å²) in [6.07, 6.45) is 6.57. The van der Waals surface area contributed by atoms with E-state index in [4.69, 9.17) is 0 Å². The number of hydrogen-bond acceptors (Lipinski definition) is 2. The van der Waals surface area contributed by atoms with Crippen LogP contribution in [-0.2, 0) is 16.0 Å². The fourth-order valence-electron chi connectivity index (χ4n) is 2.88. The molecular weight excluding hydrogens is 266 g/mol. The van der Waals surface area contributed by atoms with E-state index in [0.717, 1.165) is 31.2 Å². The Morgan fingerprint density at radius 3 is 2.29 bits per heavy atom. The van der Waals surface area contributed by atoms with Crippen LogP contribution in [0.4, 0.5) is 0 Å². The fourth-order valence-corrected chi connectivity index (χ4v) is 2.88. The van der Waals surface area contributed by atoms with E-state index < -0.39 is 12.0 Å². The molecule has 2 rings (SSSR count). The monoisotopic (exact) mass is 289 g/mol. The summed E-state index contributed by atoms with van der Waals surface area (Å²) in [6.45, 7) is 0. The van der Waals surface area contributed by atoms with Gasteiger partial charge >= 0.3 is 5.97 Å². The number of carboxylic acid groups (broad SMARTS) is 1. The molecule has 2 N–H and O–H groups in total. The maximum atomic E-state index is 12.3. The van der Waals surface area contributed by atoms with Gasteiger partial charge in [-0.25, -0.2) is 4.79 Å². The standard InChI is InChI=1S/C17H23NO3/c19-16(14-10-6-1-2-7-11-14)18-15(17(20)21)12-13-8-4-3-5-9-13/h3-5,8-9,14-15H,1-2,6-7,10-12H2,(H,18,19)(H,20,21)/t15-/m0/s1. The van der Waals surface area contributed by atoms with Crippen LogP contribution in [0.3, 0.4) is 0 Å². The Kier molecular flexibility index (Phi) is 5.78. The van der Waals surface area contributed by atoms with E-state index in [1.807, 2.05) is 30.3 Å². The van der Waals surface area contributed by atoms with Gasteiger partial charge < -0.3 is 10.4 Å². The van der Waals surface area contributed by atoms with Crippen molar-refractivity contribution >= 4 is 11.9 Å². The topological polar surface area (TPSA) is 66.4 Å². The van der Waals surface area contributed by atoms with Crippen molar-refractivity contribution in [2.24, 2.45) is 5.92 Å². The van der Waals surface area contributed by atoms with E-state index in [2.05, 4.69) is 5.32 Å². The molecule has 1 aliphatic carbocycles. The number of rotatable bonds is 5. The first-order chi connectivity index (χ1) is 10.2. The third-order valence-electron chi connectivity index (χ3n) is 4.12. The lowest BCUT2D eigenvalue weighted by atomic mass is 9.98. The summed E-state index contributed by atoms with van der Waals surface area (Å²) in [6, 6.07) is 8.57. The number of carboxylic acids is 1. The van der Waals surface area contributed by atoms with E-state index in [0.29, 0.717) is 6.42 Å². The zero-order chi connectivity index (χ0) is 15.1. The molecule has 1 amide bonds. The average Bonchev–Trinajstić information content (AvgIpc) is 2.76. The van der Waals surface area contributed by atoms with Crippen LogP contribution in [0.5, 0.6) is 0 Å². The number of hydrogen-bond donors (Lipinski definition) is 2. The number of amides is 1. The summed E-state index contributed by atoms with van der Waals surface area (Å²) in [7, 11) is 0. The maximum absolute atomic E-state index is 12.3. The lowest BCUT2D eigenvalue weighted by molar-refractivity contribution is -0.142. The van der Waals surface area contributed by atoms with Gasteiger partial charge in [-0.2, -0.15) is 0 Å². The Bertz CT molecular complexity index is 464. The SMILES string of the molecule is O=C(N[C@@H](Cc1ccccc1)C(=O)O)C1CCCCCC1. The molecule has 0 radical (unpaired) electrons. The van der Waals surface area contributed by atoms with Crippen molar-refractivity contribution < 1.29 is 14.7 Å². The highest BCUT2D eigenvalue weighted by molar-refractivity contribution is 5.85. The molecule has 1 aromatic carbocycles. The molecule has 0 unspecified atom stereocenters. The van der Waals surface area contributed by atoms with Crippen LogP contribution in [0.1, 0.15) is 44.1 Å². The number of carbonyl (C=O) groups excluding carboxylic acids is 1. The molecule has 1 aliphatic rings. The summed E-state index contributed by atoms with van der Waals surface area (Å²) < 4.78 is 0. The Hall–Kier alpha value is -1.84. The van der Waals surface area contributed by atoms with Crippen molar-refractivity contribution in [2.75, 3.05) is 0 Å². The van der Waals surface area contributed by atoms with Gasteiger partial charge in [-0.05, 0) is 18.4 Å². The quantitative estimate of drug-likeness (QED) is 0.819. The Balaban J connectivity index is 1.95. The van der Waals surface area contributed by atoms with Crippen LogP contribution in [0, 0.1) is 5.92 Å². The second kappa shape index (κ2) is 7.81. The lowest BCUT2D eigenvalue weighted by Gasteiger charge is -2.19. The Morgan fingerprint density at radius 2 is 1.71 bits per heavy atom. The highest BCUT2D eigenvalue weighted by Crippen LogP contribution is 2.23. The molecule has 0 aromatic heterocycles. The average molecular weight is 289 g/mol. The second-order valence-electron chi connectivity index (χ2n) is 5.78. The predicted molar refractivity (Wildman–Crippen MR) is 80.9 cm³/mol. The van der Waals surface area contributed by atoms with Crippen molar-refractivity contribution in [3.8, 4) is 0 Å². The molecule has 1 atom stereocenters. The first kappa shape index (κ1) is 15.5. The van der Waals surface area contributed by atoms with E-state index >= 15 is 0 Å². The zero-order valence-corrected chi connectivity index (χ0v) is 12.3. The number of benzene rings is 1. The molecule has 114 valence electrons. The molecule has 1 fully saturated rings. The molecule has 4 nitrogen and oxygen atoms in total. The minimum absolute atomic E-state index is 0.0230. The molecule has 0 aliphatic heterocycles. The molecule has 1 saturated carbocycles. The highest BCUT2D eigenvalue weighted by Gasteiger charge is 2.25. The summed E-state index contributed by atoms with van der Waals surface area (Å²) in [4.78, 5) is 23.7. The van der Waals surface area contributed by atoms with Crippen LogP contribution in [0.25, 0.3) is 0 Å². The largest absolute Gasteiger partial charge is 0.480 e. The molecule has 4 heteroatoms. The fraction of sp³-hybridized carbons (Fsp3) is 0.529. The van der Waals surface area contributed by atoms with Crippen molar-refractivity contribution in [1.29, 1.82) is 0 Å². The van der Waals surface area contributed by atoms with Crippen molar-refractivity contribution in [2.45, 2.75) is 51.0 Å². The molecular formula is C17H23NO3. The number of carbonyl (C=O) groups is 2. The maximum Gasteiger partial charge on any atom is 0.326 e. The van der Waals surface area contributed by atoms with Gasteiger partial charge in [0.15, 0.2) is 0 Å². The first-order valence-electron chi connectivity index (χ1n) is 7.74. The minimum Gasteiger partial charge on any atom is -0.480 e. The minimum atomic E-state index is -0.971. The summed E-state index contributed by atoms with van der Waals surface area (Å²) in [5.74, 6) is -1.09. The van der Waals surface area contributed by atoms with Crippen LogP contribution >= 0.6 is 0 Å². The smallest absolute Gasteiger partial charge is 0.326 e. The van der Waals surface area contributed by atoms with Gasteiger partial charge in [0, 0.05) is 12.3 Å². The van der Waals surface area contributed by atoms with Crippen LogP contribution < -0.4 is 5.32 Å². The number of nitrogens with one attached hydrogen (secondary N) is 1. The van der Waals surface area contributed by atoms with Gasteiger partial charge in [-0.1, -0.05) is 56.0 Å². The summed E-state index contributed by atoms with van der Waals surface area (Å²) in [5.41, 5.74) is 0.922. The third-order valence-corrected chi connectivity index (χ3v) is 4.12. The highest BCUT2D eigenvalue weighted by atomic mass is 16.4. The van der Waals surface area contributed by atoms with Gasteiger partial charge in [-0.3, -0.25) is 4.79 Å². The van der Waals surface area contributed by atoms with Crippen LogP contribution in [-0.4, -0.2) is 23.0 Å². The van der Waals surface area contributed by atoms with Gasteiger partial charge in [0.1, 0.15) is 6.04 Å². The van der Waals surface area contributed by atoms with Crippen molar-refractivity contribution in [3.05, 3.63) is 35.9 Å². The summed E-state index contributed by atoms with van der Waals surface area (Å²) >= 11 is 0. The molecule has 0 spiro atoms. The Morgan fingerprint density at radius 1 is 1.10 bits per heavy atom. The predicted octanol–water partition coefficient (Wildman–Crippen LogP) is 2.77.